The predicted octanol–water partition coefficient (Wildman–Crippen LogP) is 2.01. The molecule has 0 aliphatic carbocycles. The van der Waals surface area contributed by atoms with Crippen LogP contribution in [0, 0.1) is 0 Å². The van der Waals surface area contributed by atoms with Crippen LogP contribution in [0.3, 0.4) is 0 Å². The molecule has 0 spiro atoms. The summed E-state index contributed by atoms with van der Waals surface area (Å²) in [6.45, 7) is 9.38. The predicted molar refractivity (Wildman–Crippen MR) is 71.6 cm³/mol. The van der Waals surface area contributed by atoms with E-state index in [-0.39, 0.29) is 5.57 Å². The summed E-state index contributed by atoms with van der Waals surface area (Å²) in [5, 5.41) is 16.5. The van der Waals surface area contributed by atoms with Gasteiger partial charge in [0.2, 0.25) is 0 Å². The molecule has 5 nitrogen and oxygen atoms in total. The van der Waals surface area contributed by atoms with E-state index in [4.69, 9.17) is 10.2 Å². The number of hydrogen-bond acceptors (Lipinski definition) is 3. The van der Waals surface area contributed by atoms with E-state index in [1.807, 2.05) is 19.0 Å². The van der Waals surface area contributed by atoms with Gasteiger partial charge in [0, 0.05) is 11.1 Å². The maximum absolute atomic E-state index is 10.3. The van der Waals surface area contributed by atoms with Crippen LogP contribution in [0.4, 0.5) is 0 Å². The summed E-state index contributed by atoms with van der Waals surface area (Å²) >= 11 is 0. The van der Waals surface area contributed by atoms with Crippen LogP contribution in [0.5, 0.6) is 0 Å². The van der Waals surface area contributed by atoms with Crippen molar-refractivity contribution in [2.24, 2.45) is 0 Å². The molecule has 0 fully saturated rings. The summed E-state index contributed by atoms with van der Waals surface area (Å²) in [6, 6.07) is 0. The van der Waals surface area contributed by atoms with Gasteiger partial charge in [-0.15, -0.1) is 0 Å². The molecule has 5 heteroatoms. The van der Waals surface area contributed by atoms with E-state index in [0.29, 0.717) is 18.4 Å². The first-order chi connectivity index (χ1) is 8.22. The SMILES string of the molecule is C=C(CC)C(=O)O.C=C(CCCN(C)C)C(=O)O. The molecule has 0 unspecified atom stereocenters. The van der Waals surface area contributed by atoms with E-state index in [1.54, 1.807) is 6.92 Å². The first-order valence-corrected chi connectivity index (χ1v) is 5.69. The lowest BCUT2D eigenvalue weighted by Crippen LogP contribution is -2.13. The first kappa shape index (κ1) is 18.7. The highest BCUT2D eigenvalue weighted by molar-refractivity contribution is 5.85. The van der Waals surface area contributed by atoms with Gasteiger partial charge < -0.3 is 15.1 Å². The minimum Gasteiger partial charge on any atom is -0.478 e. The molecule has 0 rings (SSSR count). The largest absolute Gasteiger partial charge is 0.478 e. The summed E-state index contributed by atoms with van der Waals surface area (Å²) in [5.41, 5.74) is 0.562. The third kappa shape index (κ3) is 12.4. The van der Waals surface area contributed by atoms with Gasteiger partial charge in [-0.1, -0.05) is 20.1 Å². The molecule has 104 valence electrons. The van der Waals surface area contributed by atoms with Gasteiger partial charge in [0.15, 0.2) is 0 Å². The van der Waals surface area contributed by atoms with E-state index >= 15 is 0 Å². The van der Waals surface area contributed by atoms with Crippen molar-refractivity contribution >= 4 is 11.9 Å². The van der Waals surface area contributed by atoms with Crippen molar-refractivity contribution in [3.63, 3.8) is 0 Å². The Labute approximate surface area is 108 Å². The van der Waals surface area contributed by atoms with Crippen molar-refractivity contribution in [2.45, 2.75) is 26.2 Å². The average Bonchev–Trinajstić information content (AvgIpc) is 2.27. The highest BCUT2D eigenvalue weighted by Gasteiger charge is 2.02. The second kappa shape index (κ2) is 10.5. The van der Waals surface area contributed by atoms with Gasteiger partial charge in [-0.2, -0.15) is 0 Å². The summed E-state index contributed by atoms with van der Waals surface area (Å²) in [7, 11) is 3.92. The van der Waals surface area contributed by atoms with Crippen molar-refractivity contribution in [3.05, 3.63) is 24.3 Å². The van der Waals surface area contributed by atoms with Crippen LogP contribution in [0.1, 0.15) is 26.2 Å². The molecule has 0 heterocycles. The third-order valence-electron chi connectivity index (χ3n) is 2.12. The molecule has 0 saturated carbocycles. The smallest absolute Gasteiger partial charge is 0.330 e. The minimum atomic E-state index is -0.900. The van der Waals surface area contributed by atoms with E-state index in [1.165, 1.54) is 0 Å². The van der Waals surface area contributed by atoms with Crippen molar-refractivity contribution in [2.75, 3.05) is 20.6 Å². The molecule has 0 aliphatic rings. The molecule has 0 radical (unpaired) electrons. The standard InChI is InChI=1S/C8H15NO2.C5H8O2/c1-7(8(10)11)5-4-6-9(2)3;1-3-4(2)5(6)7/h1,4-6H2,2-3H3,(H,10,11);2-3H2,1H3,(H,6,7). The Morgan fingerprint density at radius 3 is 1.72 bits per heavy atom. The van der Waals surface area contributed by atoms with Crippen molar-refractivity contribution in [1.82, 2.24) is 4.90 Å². The summed E-state index contributed by atoms with van der Waals surface area (Å²) in [4.78, 5) is 22.1. The monoisotopic (exact) mass is 257 g/mol. The Bertz CT molecular complexity index is 308. The topological polar surface area (TPSA) is 77.8 Å². The number of carboxylic acids is 2. The first-order valence-electron chi connectivity index (χ1n) is 5.69. The molecule has 2 N–H and O–H groups in total. The van der Waals surface area contributed by atoms with Crippen LogP contribution in [0.15, 0.2) is 24.3 Å². The second-order valence-electron chi connectivity index (χ2n) is 4.08. The fourth-order valence-electron chi connectivity index (χ4n) is 0.867. The number of nitrogens with zero attached hydrogens (tertiary/aromatic N) is 1. The Kier molecular flexibility index (Phi) is 11.0. The van der Waals surface area contributed by atoms with Gasteiger partial charge >= 0.3 is 11.9 Å². The maximum Gasteiger partial charge on any atom is 0.330 e. The van der Waals surface area contributed by atoms with E-state index in [0.717, 1.165) is 13.0 Å². The van der Waals surface area contributed by atoms with Crippen LogP contribution in [0.2, 0.25) is 0 Å². The fraction of sp³-hybridized carbons (Fsp3) is 0.538. The van der Waals surface area contributed by atoms with E-state index < -0.39 is 11.9 Å². The summed E-state index contributed by atoms with van der Waals surface area (Å²) < 4.78 is 0. The second-order valence-corrected chi connectivity index (χ2v) is 4.08. The maximum atomic E-state index is 10.3. The van der Waals surface area contributed by atoms with Crippen molar-refractivity contribution in [1.29, 1.82) is 0 Å². The molecular weight excluding hydrogens is 234 g/mol. The quantitative estimate of drug-likeness (QED) is 0.682. The van der Waals surface area contributed by atoms with Gasteiger partial charge in [-0.05, 0) is 39.9 Å². The number of carboxylic acid groups (broad SMARTS) is 2. The van der Waals surface area contributed by atoms with Gasteiger partial charge in [0.1, 0.15) is 0 Å². The molecule has 0 aromatic rings. The lowest BCUT2D eigenvalue weighted by molar-refractivity contribution is -0.133. The molecule has 0 aliphatic heterocycles. The number of hydrogen-bond donors (Lipinski definition) is 2. The minimum absolute atomic E-state index is 0.264. The zero-order valence-corrected chi connectivity index (χ0v) is 11.4. The molecule has 0 aromatic carbocycles. The molecule has 18 heavy (non-hydrogen) atoms. The number of aliphatic carboxylic acids is 2. The van der Waals surface area contributed by atoms with Crippen LogP contribution in [-0.2, 0) is 9.59 Å². The van der Waals surface area contributed by atoms with Crippen molar-refractivity contribution < 1.29 is 19.8 Å². The Balaban J connectivity index is 0. The van der Waals surface area contributed by atoms with Gasteiger partial charge in [0.05, 0.1) is 0 Å². The molecule has 0 bridgehead atoms. The zero-order chi connectivity index (χ0) is 14.7. The summed E-state index contributed by atoms with van der Waals surface area (Å²) in [5.74, 6) is -1.79. The number of rotatable bonds is 7. The fourth-order valence-corrected chi connectivity index (χ4v) is 0.867. The number of carbonyl (C=O) groups is 2. The highest BCUT2D eigenvalue weighted by Crippen LogP contribution is 2.01. The van der Waals surface area contributed by atoms with E-state index in [2.05, 4.69) is 13.2 Å². The Hall–Kier alpha value is -1.62. The Morgan fingerprint density at radius 1 is 1.06 bits per heavy atom. The third-order valence-corrected chi connectivity index (χ3v) is 2.12. The van der Waals surface area contributed by atoms with Crippen LogP contribution in [0.25, 0.3) is 0 Å². The van der Waals surface area contributed by atoms with Crippen molar-refractivity contribution in [3.8, 4) is 0 Å². The molecule has 0 amide bonds. The molecule has 0 saturated heterocycles. The average molecular weight is 257 g/mol. The molecule has 0 atom stereocenters. The molecule has 0 aromatic heterocycles. The normalized spacial score (nSPS) is 9.33. The van der Waals surface area contributed by atoms with Gasteiger partial charge in [0.25, 0.3) is 0 Å². The highest BCUT2D eigenvalue weighted by atomic mass is 16.4. The van der Waals surface area contributed by atoms with Crippen LogP contribution >= 0.6 is 0 Å². The summed E-state index contributed by atoms with van der Waals surface area (Å²) in [6.07, 6.45) is 1.96. The van der Waals surface area contributed by atoms with Gasteiger partial charge in [-0.25, -0.2) is 9.59 Å². The van der Waals surface area contributed by atoms with Crippen LogP contribution in [-0.4, -0.2) is 47.7 Å². The van der Waals surface area contributed by atoms with Gasteiger partial charge in [-0.3, -0.25) is 0 Å². The van der Waals surface area contributed by atoms with E-state index in [9.17, 15) is 9.59 Å². The Morgan fingerprint density at radius 2 is 1.50 bits per heavy atom. The lowest BCUT2D eigenvalue weighted by atomic mass is 10.1. The van der Waals surface area contributed by atoms with Crippen LogP contribution < -0.4 is 0 Å². The zero-order valence-electron chi connectivity index (χ0n) is 11.4. The lowest BCUT2D eigenvalue weighted by Gasteiger charge is -2.08. The molecular formula is C13H23NO4.